The second-order valence-electron chi connectivity index (χ2n) is 5.22. The fraction of sp³-hybridized carbons (Fsp3) is 0.571. The molecule has 0 atom stereocenters. The molecule has 0 radical (unpaired) electrons. The number of nitrogens with one attached hydrogen (secondary N) is 1. The number of sulfonamides is 1. The van der Waals surface area contributed by atoms with Crippen LogP contribution in [-0.4, -0.2) is 27.3 Å². The number of hydrogen-bond acceptors (Lipinski definition) is 4. The Labute approximate surface area is 120 Å². The lowest BCUT2D eigenvalue weighted by molar-refractivity contribution is 0.297. The fourth-order valence-electron chi connectivity index (χ4n) is 2.11. The first-order valence-corrected chi connectivity index (χ1v) is 8.66. The third-order valence-corrected chi connectivity index (χ3v) is 4.95. The van der Waals surface area contributed by atoms with Crippen molar-refractivity contribution in [3.8, 4) is 5.75 Å². The van der Waals surface area contributed by atoms with Crippen molar-refractivity contribution in [2.75, 3.05) is 24.6 Å². The molecule has 3 N–H and O–H groups in total. The minimum atomic E-state index is -3.24. The molecule has 0 spiro atoms. The van der Waals surface area contributed by atoms with E-state index >= 15 is 0 Å². The van der Waals surface area contributed by atoms with E-state index in [0.717, 1.165) is 6.42 Å². The van der Waals surface area contributed by atoms with Gasteiger partial charge in [0.05, 0.1) is 5.75 Å². The van der Waals surface area contributed by atoms with E-state index in [1.807, 2.05) is 0 Å². The molecule has 0 heterocycles. The normalized spacial score (nSPS) is 15.8. The molecule has 6 heteroatoms. The monoisotopic (exact) mass is 298 g/mol. The average molecular weight is 298 g/mol. The van der Waals surface area contributed by atoms with Crippen LogP contribution in [-0.2, 0) is 10.0 Å². The molecule has 1 aliphatic rings. The fourth-order valence-corrected chi connectivity index (χ4v) is 2.98. The zero-order chi connectivity index (χ0) is 14.4. The van der Waals surface area contributed by atoms with Crippen molar-refractivity contribution < 1.29 is 13.2 Å². The minimum absolute atomic E-state index is 0.0258. The van der Waals surface area contributed by atoms with Crippen molar-refractivity contribution in [2.45, 2.75) is 25.7 Å². The smallest absolute Gasteiger partial charge is 0.214 e. The summed E-state index contributed by atoms with van der Waals surface area (Å²) in [5, 5.41) is 0. The first-order valence-electron chi connectivity index (χ1n) is 7.01. The average Bonchev–Trinajstić information content (AvgIpc) is 2.35. The highest BCUT2D eigenvalue weighted by atomic mass is 32.2. The summed E-state index contributed by atoms with van der Waals surface area (Å²) in [5.41, 5.74) is 6.21. The molecule has 20 heavy (non-hydrogen) atoms. The van der Waals surface area contributed by atoms with Gasteiger partial charge in [0.25, 0.3) is 0 Å². The van der Waals surface area contributed by atoms with Crippen molar-refractivity contribution in [3.63, 3.8) is 0 Å². The Hall–Kier alpha value is -1.27. The molecule has 0 unspecified atom stereocenters. The quantitative estimate of drug-likeness (QED) is 0.717. The molecule has 0 aliphatic heterocycles. The van der Waals surface area contributed by atoms with E-state index in [1.165, 1.54) is 19.3 Å². The van der Waals surface area contributed by atoms with Gasteiger partial charge in [0.1, 0.15) is 12.4 Å². The van der Waals surface area contributed by atoms with Crippen LogP contribution in [0.1, 0.15) is 25.7 Å². The number of nitrogens with two attached hydrogens (primary N) is 1. The van der Waals surface area contributed by atoms with Crippen molar-refractivity contribution in [1.82, 2.24) is 4.72 Å². The SMILES string of the molecule is Nc1ccc(OCCS(=O)(=O)NCCC2CCC2)cc1. The molecule has 1 saturated carbocycles. The third-order valence-electron chi connectivity index (χ3n) is 3.60. The van der Waals surface area contributed by atoms with Crippen LogP contribution in [0.5, 0.6) is 5.75 Å². The number of nitrogen functional groups attached to an aromatic ring is 1. The highest BCUT2D eigenvalue weighted by Gasteiger charge is 2.18. The van der Waals surface area contributed by atoms with Crippen LogP contribution in [0.25, 0.3) is 0 Å². The van der Waals surface area contributed by atoms with Gasteiger partial charge in [-0.15, -0.1) is 0 Å². The Bertz CT molecular complexity index is 510. The van der Waals surface area contributed by atoms with Crippen molar-refractivity contribution in [2.24, 2.45) is 5.92 Å². The molecule has 5 nitrogen and oxygen atoms in total. The Morgan fingerprint density at radius 1 is 1.25 bits per heavy atom. The summed E-state index contributed by atoms with van der Waals surface area (Å²) in [6.45, 7) is 0.678. The van der Waals surface area contributed by atoms with Gasteiger partial charge < -0.3 is 10.5 Å². The Balaban J connectivity index is 1.64. The van der Waals surface area contributed by atoms with Crippen LogP contribution in [0.15, 0.2) is 24.3 Å². The highest BCUT2D eigenvalue weighted by molar-refractivity contribution is 7.89. The van der Waals surface area contributed by atoms with Gasteiger partial charge in [-0.05, 0) is 36.6 Å². The van der Waals surface area contributed by atoms with Gasteiger partial charge in [0.15, 0.2) is 0 Å². The first-order chi connectivity index (χ1) is 9.55. The molecule has 0 amide bonds. The van der Waals surface area contributed by atoms with Gasteiger partial charge in [-0.3, -0.25) is 0 Å². The molecular weight excluding hydrogens is 276 g/mol. The molecule has 0 aromatic heterocycles. The highest BCUT2D eigenvalue weighted by Crippen LogP contribution is 2.28. The predicted molar refractivity (Wildman–Crippen MR) is 80.1 cm³/mol. The summed E-state index contributed by atoms with van der Waals surface area (Å²) < 4.78 is 31.5. The lowest BCUT2D eigenvalue weighted by Crippen LogP contribution is -2.31. The number of rotatable bonds is 8. The molecule has 0 saturated heterocycles. The minimum Gasteiger partial charge on any atom is -0.492 e. The number of hydrogen-bond donors (Lipinski definition) is 2. The standard InChI is InChI=1S/C14H22N2O3S/c15-13-4-6-14(7-5-13)19-10-11-20(17,18)16-9-8-12-2-1-3-12/h4-7,12,16H,1-3,8-11,15H2. The summed E-state index contributed by atoms with van der Waals surface area (Å²) in [6, 6.07) is 6.90. The molecule has 1 aromatic rings. The Morgan fingerprint density at radius 3 is 2.55 bits per heavy atom. The van der Waals surface area contributed by atoms with Crippen LogP contribution in [0.3, 0.4) is 0 Å². The zero-order valence-corrected chi connectivity index (χ0v) is 12.4. The number of benzene rings is 1. The molecule has 1 aromatic carbocycles. The maximum absolute atomic E-state index is 11.8. The Kier molecular flexibility index (Phi) is 5.25. The van der Waals surface area contributed by atoms with Gasteiger partial charge in [-0.2, -0.15) is 0 Å². The second kappa shape index (κ2) is 6.95. The summed E-state index contributed by atoms with van der Waals surface area (Å²) in [5.74, 6) is 1.31. The van der Waals surface area contributed by atoms with E-state index in [0.29, 0.717) is 23.9 Å². The van der Waals surface area contributed by atoms with Crippen LogP contribution in [0, 0.1) is 5.92 Å². The topological polar surface area (TPSA) is 81.4 Å². The Morgan fingerprint density at radius 2 is 1.95 bits per heavy atom. The molecule has 2 rings (SSSR count). The molecule has 112 valence electrons. The van der Waals surface area contributed by atoms with E-state index in [-0.39, 0.29) is 12.4 Å². The lowest BCUT2D eigenvalue weighted by atomic mass is 9.83. The molecule has 0 bridgehead atoms. The van der Waals surface area contributed by atoms with E-state index in [2.05, 4.69) is 4.72 Å². The lowest BCUT2D eigenvalue weighted by Gasteiger charge is -2.25. The first kappa shape index (κ1) is 15.1. The predicted octanol–water partition coefficient (Wildman–Crippen LogP) is 1.76. The van der Waals surface area contributed by atoms with E-state index in [9.17, 15) is 8.42 Å². The maximum Gasteiger partial charge on any atom is 0.214 e. The molecule has 1 aliphatic carbocycles. The molecule has 1 fully saturated rings. The maximum atomic E-state index is 11.8. The number of anilines is 1. The second-order valence-corrected chi connectivity index (χ2v) is 7.14. The summed E-state index contributed by atoms with van der Waals surface area (Å²) >= 11 is 0. The van der Waals surface area contributed by atoms with Gasteiger partial charge in [0.2, 0.25) is 10.0 Å². The van der Waals surface area contributed by atoms with E-state index in [4.69, 9.17) is 10.5 Å². The van der Waals surface area contributed by atoms with Crippen LogP contribution in [0.2, 0.25) is 0 Å². The van der Waals surface area contributed by atoms with Gasteiger partial charge in [-0.1, -0.05) is 19.3 Å². The van der Waals surface area contributed by atoms with Crippen LogP contribution < -0.4 is 15.2 Å². The van der Waals surface area contributed by atoms with Crippen molar-refractivity contribution in [1.29, 1.82) is 0 Å². The van der Waals surface area contributed by atoms with Gasteiger partial charge in [0, 0.05) is 12.2 Å². The van der Waals surface area contributed by atoms with Gasteiger partial charge in [-0.25, -0.2) is 13.1 Å². The third kappa shape index (κ3) is 5.02. The summed E-state index contributed by atoms with van der Waals surface area (Å²) in [7, 11) is -3.24. The van der Waals surface area contributed by atoms with E-state index < -0.39 is 10.0 Å². The van der Waals surface area contributed by atoms with Gasteiger partial charge >= 0.3 is 0 Å². The number of ether oxygens (including phenoxy) is 1. The van der Waals surface area contributed by atoms with Crippen LogP contribution >= 0.6 is 0 Å². The van der Waals surface area contributed by atoms with E-state index in [1.54, 1.807) is 24.3 Å². The largest absolute Gasteiger partial charge is 0.492 e. The zero-order valence-electron chi connectivity index (χ0n) is 11.5. The van der Waals surface area contributed by atoms with Crippen molar-refractivity contribution in [3.05, 3.63) is 24.3 Å². The molecular formula is C14H22N2O3S. The van der Waals surface area contributed by atoms with Crippen LogP contribution in [0.4, 0.5) is 5.69 Å². The van der Waals surface area contributed by atoms with Crippen molar-refractivity contribution >= 4 is 15.7 Å². The summed E-state index contributed by atoms with van der Waals surface area (Å²) in [4.78, 5) is 0. The summed E-state index contributed by atoms with van der Waals surface area (Å²) in [6.07, 6.45) is 4.70.